The molecule has 0 spiro atoms. The highest BCUT2D eigenvalue weighted by Crippen LogP contribution is 2.30. The zero-order valence-corrected chi connectivity index (χ0v) is 11.0. The summed E-state index contributed by atoms with van der Waals surface area (Å²) in [6, 6.07) is 5.54. The molecule has 0 aliphatic carbocycles. The third-order valence-electron chi connectivity index (χ3n) is 2.00. The van der Waals surface area contributed by atoms with Crippen molar-refractivity contribution in [3.05, 3.63) is 39.3 Å². The van der Waals surface area contributed by atoms with E-state index < -0.39 is 0 Å². The molecule has 84 valence electrons. The summed E-state index contributed by atoms with van der Waals surface area (Å²) in [5, 5.41) is 10.0. The summed E-state index contributed by atoms with van der Waals surface area (Å²) in [6.45, 7) is 1.96. The number of phenolic OH excluding ortho intramolecular Hbond substituents is 1. The molecule has 0 fully saturated rings. The van der Waals surface area contributed by atoms with Crippen LogP contribution in [0, 0.1) is 6.92 Å². The Bertz CT molecular complexity index is 478. The lowest BCUT2D eigenvalue weighted by Gasteiger charge is -2.03. The fourth-order valence-corrected chi connectivity index (χ4v) is 3.49. The fourth-order valence-electron chi connectivity index (χ4n) is 1.31. The lowest BCUT2D eigenvalue weighted by atomic mass is 10.2. The standard InChI is InChI=1S/C11H10ClNOS2/c1-7-2-8(14)4-9(3-7)15-5-10-11(12)13-6-16-10/h2-4,6,14H,5H2,1H3. The number of aryl methyl sites for hydroxylation is 1. The van der Waals surface area contributed by atoms with E-state index in [0.717, 1.165) is 21.1 Å². The predicted octanol–water partition coefficient (Wildman–Crippen LogP) is 4.10. The summed E-state index contributed by atoms with van der Waals surface area (Å²) in [5.74, 6) is 1.09. The van der Waals surface area contributed by atoms with E-state index in [9.17, 15) is 5.11 Å². The molecule has 0 radical (unpaired) electrons. The Morgan fingerprint density at radius 2 is 2.25 bits per heavy atom. The molecule has 5 heteroatoms. The van der Waals surface area contributed by atoms with E-state index in [0.29, 0.717) is 10.9 Å². The normalized spacial score (nSPS) is 10.6. The van der Waals surface area contributed by atoms with E-state index in [2.05, 4.69) is 4.98 Å². The Labute approximate surface area is 107 Å². The molecule has 0 aliphatic rings. The van der Waals surface area contributed by atoms with Crippen molar-refractivity contribution in [2.75, 3.05) is 0 Å². The number of thioether (sulfide) groups is 1. The average Bonchev–Trinajstić information content (AvgIpc) is 2.59. The van der Waals surface area contributed by atoms with Crippen molar-refractivity contribution in [3.8, 4) is 5.75 Å². The number of rotatable bonds is 3. The Balaban J connectivity index is 2.07. The number of phenols is 1. The van der Waals surface area contributed by atoms with Gasteiger partial charge in [-0.15, -0.1) is 23.1 Å². The average molecular weight is 272 g/mol. The third kappa shape index (κ3) is 2.90. The molecule has 0 unspecified atom stereocenters. The van der Waals surface area contributed by atoms with Gasteiger partial charge >= 0.3 is 0 Å². The maximum Gasteiger partial charge on any atom is 0.143 e. The van der Waals surface area contributed by atoms with Crippen molar-refractivity contribution in [1.29, 1.82) is 0 Å². The van der Waals surface area contributed by atoms with Crippen molar-refractivity contribution < 1.29 is 5.11 Å². The second kappa shape index (κ2) is 5.08. The predicted molar refractivity (Wildman–Crippen MR) is 69.5 cm³/mol. The van der Waals surface area contributed by atoms with E-state index in [1.54, 1.807) is 40.7 Å². The minimum Gasteiger partial charge on any atom is -0.508 e. The summed E-state index contributed by atoms with van der Waals surface area (Å²) >= 11 is 9.10. The molecule has 0 atom stereocenters. The minimum atomic E-state index is 0.304. The van der Waals surface area contributed by atoms with Crippen molar-refractivity contribution in [1.82, 2.24) is 4.98 Å². The smallest absolute Gasteiger partial charge is 0.143 e. The Kier molecular flexibility index (Phi) is 3.74. The zero-order valence-electron chi connectivity index (χ0n) is 8.61. The molecule has 0 saturated carbocycles. The summed E-state index contributed by atoms with van der Waals surface area (Å²) in [5.41, 5.74) is 2.80. The highest BCUT2D eigenvalue weighted by Gasteiger charge is 2.05. The van der Waals surface area contributed by atoms with Crippen LogP contribution in [0.5, 0.6) is 5.75 Å². The van der Waals surface area contributed by atoms with E-state index in [1.165, 1.54) is 0 Å². The van der Waals surface area contributed by atoms with E-state index in [4.69, 9.17) is 11.6 Å². The van der Waals surface area contributed by atoms with Gasteiger partial charge in [0.05, 0.1) is 10.4 Å². The Hall–Kier alpha value is -0.710. The highest BCUT2D eigenvalue weighted by atomic mass is 35.5. The molecule has 2 nitrogen and oxygen atoms in total. The first-order valence-electron chi connectivity index (χ1n) is 4.66. The number of halogens is 1. The van der Waals surface area contributed by atoms with Gasteiger partial charge in [-0.05, 0) is 30.7 Å². The number of aromatic nitrogens is 1. The van der Waals surface area contributed by atoms with Crippen LogP contribution in [0.3, 0.4) is 0 Å². The van der Waals surface area contributed by atoms with Crippen molar-refractivity contribution in [3.63, 3.8) is 0 Å². The summed E-state index contributed by atoms with van der Waals surface area (Å²) in [7, 11) is 0. The molecule has 2 rings (SSSR count). The maximum absolute atomic E-state index is 9.46. The second-order valence-corrected chi connectivity index (χ2v) is 5.71. The van der Waals surface area contributed by atoms with Gasteiger partial charge in [0.1, 0.15) is 10.9 Å². The Morgan fingerprint density at radius 3 is 2.88 bits per heavy atom. The molecular weight excluding hydrogens is 262 g/mol. The van der Waals surface area contributed by atoms with Crippen molar-refractivity contribution >= 4 is 34.7 Å². The van der Waals surface area contributed by atoms with Gasteiger partial charge in [-0.25, -0.2) is 4.98 Å². The lowest BCUT2D eigenvalue weighted by Crippen LogP contribution is -1.79. The first-order chi connectivity index (χ1) is 7.65. The molecule has 0 saturated heterocycles. The van der Waals surface area contributed by atoms with Crippen LogP contribution < -0.4 is 0 Å². The van der Waals surface area contributed by atoms with E-state index in [1.807, 2.05) is 13.0 Å². The van der Waals surface area contributed by atoms with Crippen LogP contribution in [-0.2, 0) is 5.75 Å². The minimum absolute atomic E-state index is 0.304. The summed E-state index contributed by atoms with van der Waals surface area (Å²) < 4.78 is 0. The van der Waals surface area contributed by atoms with E-state index in [-0.39, 0.29) is 0 Å². The van der Waals surface area contributed by atoms with Gasteiger partial charge < -0.3 is 5.11 Å². The highest BCUT2D eigenvalue weighted by molar-refractivity contribution is 7.98. The molecule has 1 aromatic carbocycles. The number of benzene rings is 1. The van der Waals surface area contributed by atoms with Crippen LogP contribution in [0.15, 0.2) is 28.6 Å². The third-order valence-corrected chi connectivity index (χ3v) is 4.45. The molecule has 1 aromatic heterocycles. The zero-order chi connectivity index (χ0) is 11.5. The number of nitrogens with zero attached hydrogens (tertiary/aromatic N) is 1. The molecule has 2 aromatic rings. The van der Waals surface area contributed by atoms with Crippen LogP contribution in [0.2, 0.25) is 5.15 Å². The maximum atomic E-state index is 9.46. The lowest BCUT2D eigenvalue weighted by molar-refractivity contribution is 0.473. The van der Waals surface area contributed by atoms with Gasteiger partial charge in [0.15, 0.2) is 0 Å². The molecule has 16 heavy (non-hydrogen) atoms. The first kappa shape index (κ1) is 11.8. The number of aromatic hydroxyl groups is 1. The summed E-state index contributed by atoms with van der Waals surface area (Å²) in [4.78, 5) is 6.09. The van der Waals surface area contributed by atoms with Crippen LogP contribution in [0.25, 0.3) is 0 Å². The van der Waals surface area contributed by atoms with Crippen molar-refractivity contribution in [2.45, 2.75) is 17.6 Å². The van der Waals surface area contributed by atoms with Crippen LogP contribution >= 0.6 is 34.7 Å². The van der Waals surface area contributed by atoms with Crippen LogP contribution in [0.4, 0.5) is 0 Å². The molecule has 1 N–H and O–H groups in total. The van der Waals surface area contributed by atoms with Crippen molar-refractivity contribution in [2.24, 2.45) is 0 Å². The second-order valence-electron chi connectivity index (χ2n) is 3.36. The molecule has 1 heterocycles. The van der Waals surface area contributed by atoms with Gasteiger partial charge in [0.2, 0.25) is 0 Å². The van der Waals surface area contributed by atoms with Gasteiger partial charge in [-0.3, -0.25) is 0 Å². The number of hydrogen-bond acceptors (Lipinski definition) is 4. The van der Waals surface area contributed by atoms with Gasteiger partial charge in [0.25, 0.3) is 0 Å². The monoisotopic (exact) mass is 271 g/mol. The van der Waals surface area contributed by atoms with E-state index >= 15 is 0 Å². The first-order valence-corrected chi connectivity index (χ1v) is 6.91. The fraction of sp³-hybridized carbons (Fsp3) is 0.182. The Morgan fingerprint density at radius 1 is 1.44 bits per heavy atom. The molecule has 0 bridgehead atoms. The molecule has 0 aliphatic heterocycles. The topological polar surface area (TPSA) is 33.1 Å². The van der Waals surface area contributed by atoms with Gasteiger partial charge in [-0.2, -0.15) is 0 Å². The molecule has 0 amide bonds. The quantitative estimate of drug-likeness (QED) is 0.853. The molecular formula is C11H10ClNOS2. The number of thiazole rings is 1. The SMILES string of the molecule is Cc1cc(O)cc(SCc2scnc2Cl)c1. The number of hydrogen-bond donors (Lipinski definition) is 1. The van der Waals surface area contributed by atoms with Crippen LogP contribution in [-0.4, -0.2) is 10.1 Å². The van der Waals surface area contributed by atoms with Crippen LogP contribution in [0.1, 0.15) is 10.4 Å². The summed E-state index contributed by atoms with van der Waals surface area (Å²) in [6.07, 6.45) is 0. The largest absolute Gasteiger partial charge is 0.508 e. The van der Waals surface area contributed by atoms with Gasteiger partial charge in [0, 0.05) is 10.6 Å². The van der Waals surface area contributed by atoms with Gasteiger partial charge in [-0.1, -0.05) is 11.6 Å².